The second kappa shape index (κ2) is 13.6. The van der Waals surface area contributed by atoms with E-state index in [2.05, 4.69) is 42.5 Å². The molecule has 0 aliphatic carbocycles. The molecule has 0 aliphatic heterocycles. The van der Waals surface area contributed by atoms with E-state index in [1.54, 1.807) is 0 Å². The molecule has 0 unspecified atom stereocenters. The number of rotatable bonds is 15. The molecule has 0 saturated heterocycles. The lowest BCUT2D eigenvalue weighted by atomic mass is 10.0. The molecule has 0 bridgehead atoms. The van der Waals surface area contributed by atoms with E-state index in [0.717, 1.165) is 0 Å². The number of aromatic nitrogens is 2. The van der Waals surface area contributed by atoms with E-state index >= 15 is 0 Å². The minimum absolute atomic E-state index is 1.17. The van der Waals surface area contributed by atoms with Crippen molar-refractivity contribution in [2.45, 2.75) is 110 Å². The SMILES string of the molecule is CCCCCCCCCCCCCCCCn1c(C)cc[n+]1C. The Balaban J connectivity index is 1.80. The van der Waals surface area contributed by atoms with Crippen LogP contribution in [0.1, 0.15) is 103 Å². The topological polar surface area (TPSA) is 8.81 Å². The molecular formula is C21H41N2+. The van der Waals surface area contributed by atoms with Gasteiger partial charge in [-0.15, -0.1) is 4.68 Å². The highest BCUT2D eigenvalue weighted by Gasteiger charge is 2.06. The molecule has 0 fully saturated rings. The first-order valence-electron chi connectivity index (χ1n) is 10.3. The molecule has 1 aromatic heterocycles. The number of nitrogens with zero attached hydrogens (tertiary/aromatic N) is 2. The summed E-state index contributed by atoms with van der Waals surface area (Å²) in [4.78, 5) is 0. The van der Waals surface area contributed by atoms with E-state index < -0.39 is 0 Å². The normalized spacial score (nSPS) is 11.3. The summed E-state index contributed by atoms with van der Waals surface area (Å²) in [5.74, 6) is 0. The van der Waals surface area contributed by atoms with Gasteiger partial charge in [-0.2, -0.15) is 4.68 Å². The van der Waals surface area contributed by atoms with Crippen LogP contribution in [-0.4, -0.2) is 4.68 Å². The predicted molar refractivity (Wildman–Crippen MR) is 101 cm³/mol. The molecule has 23 heavy (non-hydrogen) atoms. The van der Waals surface area contributed by atoms with E-state index in [1.807, 2.05) is 0 Å². The maximum atomic E-state index is 2.38. The van der Waals surface area contributed by atoms with Gasteiger partial charge in [0.1, 0.15) is 0 Å². The fraction of sp³-hybridized carbons (Fsp3) is 0.857. The second-order valence-electron chi connectivity index (χ2n) is 7.25. The number of hydrogen-bond donors (Lipinski definition) is 0. The summed E-state index contributed by atoms with van der Waals surface area (Å²) < 4.78 is 4.58. The third-order valence-corrected chi connectivity index (χ3v) is 5.04. The van der Waals surface area contributed by atoms with Crippen molar-refractivity contribution in [2.75, 3.05) is 0 Å². The first kappa shape index (κ1) is 20.3. The van der Waals surface area contributed by atoms with Gasteiger partial charge in [0.15, 0.2) is 13.2 Å². The van der Waals surface area contributed by atoms with Crippen LogP contribution in [0.25, 0.3) is 0 Å². The van der Waals surface area contributed by atoms with Crippen molar-refractivity contribution < 1.29 is 4.68 Å². The lowest BCUT2D eigenvalue weighted by Gasteiger charge is -2.04. The maximum Gasteiger partial charge on any atom is 0.195 e. The van der Waals surface area contributed by atoms with Gasteiger partial charge in [-0.25, -0.2) is 0 Å². The monoisotopic (exact) mass is 321 g/mol. The Labute approximate surface area is 145 Å². The van der Waals surface area contributed by atoms with E-state index in [0.29, 0.717) is 0 Å². The zero-order valence-electron chi connectivity index (χ0n) is 16.2. The third-order valence-electron chi connectivity index (χ3n) is 5.04. The maximum absolute atomic E-state index is 2.38. The van der Waals surface area contributed by atoms with E-state index in [9.17, 15) is 0 Å². The van der Waals surface area contributed by atoms with Gasteiger partial charge in [0.05, 0.1) is 12.2 Å². The van der Waals surface area contributed by atoms with Crippen LogP contribution in [0.15, 0.2) is 12.3 Å². The van der Waals surface area contributed by atoms with Crippen molar-refractivity contribution in [3.05, 3.63) is 18.0 Å². The molecule has 0 radical (unpaired) electrons. The molecule has 0 aliphatic rings. The molecule has 0 N–H and O–H groups in total. The van der Waals surface area contributed by atoms with Crippen LogP contribution >= 0.6 is 0 Å². The van der Waals surface area contributed by atoms with Crippen LogP contribution in [0.2, 0.25) is 0 Å². The highest BCUT2D eigenvalue weighted by molar-refractivity contribution is 4.92. The van der Waals surface area contributed by atoms with Gasteiger partial charge in [-0.05, 0) is 13.3 Å². The fourth-order valence-electron chi connectivity index (χ4n) is 3.42. The molecular weight excluding hydrogens is 280 g/mol. The Bertz CT molecular complexity index is 362. The Morgan fingerprint density at radius 1 is 0.739 bits per heavy atom. The van der Waals surface area contributed by atoms with E-state index in [1.165, 1.54) is 102 Å². The van der Waals surface area contributed by atoms with Crippen molar-refractivity contribution in [3.63, 3.8) is 0 Å². The van der Waals surface area contributed by atoms with Crippen molar-refractivity contribution in [3.8, 4) is 0 Å². The summed E-state index contributed by atoms with van der Waals surface area (Å²) in [6.45, 7) is 5.67. The van der Waals surface area contributed by atoms with Crippen LogP contribution in [0.5, 0.6) is 0 Å². The highest BCUT2D eigenvalue weighted by atomic mass is 15.4. The average molecular weight is 322 g/mol. The highest BCUT2D eigenvalue weighted by Crippen LogP contribution is 2.13. The molecule has 1 aromatic rings. The predicted octanol–water partition coefficient (Wildman–Crippen LogP) is 6.10. The molecule has 2 heteroatoms. The molecule has 0 spiro atoms. The molecule has 1 rings (SSSR count). The van der Waals surface area contributed by atoms with E-state index in [4.69, 9.17) is 0 Å². The minimum Gasteiger partial charge on any atom is -0.158 e. The largest absolute Gasteiger partial charge is 0.195 e. The molecule has 0 aromatic carbocycles. The lowest BCUT2D eigenvalue weighted by molar-refractivity contribution is -0.754. The van der Waals surface area contributed by atoms with Gasteiger partial charge >= 0.3 is 0 Å². The summed E-state index contributed by atoms with van der Waals surface area (Å²) >= 11 is 0. The Kier molecular flexibility index (Phi) is 12.0. The van der Waals surface area contributed by atoms with Gasteiger partial charge in [0.2, 0.25) is 0 Å². The van der Waals surface area contributed by atoms with Crippen LogP contribution in [0, 0.1) is 6.92 Å². The summed E-state index contributed by atoms with van der Waals surface area (Å²) in [5, 5.41) is 0. The Morgan fingerprint density at radius 3 is 1.57 bits per heavy atom. The van der Waals surface area contributed by atoms with E-state index in [-0.39, 0.29) is 0 Å². The Hall–Kier alpha value is -0.790. The molecule has 0 atom stereocenters. The fourth-order valence-corrected chi connectivity index (χ4v) is 3.42. The van der Waals surface area contributed by atoms with Crippen LogP contribution in [0.3, 0.4) is 0 Å². The molecule has 134 valence electrons. The zero-order valence-corrected chi connectivity index (χ0v) is 16.2. The minimum atomic E-state index is 1.17. The van der Waals surface area contributed by atoms with Gasteiger partial charge in [-0.1, -0.05) is 90.4 Å². The lowest BCUT2D eigenvalue weighted by Crippen LogP contribution is -2.38. The second-order valence-corrected chi connectivity index (χ2v) is 7.25. The van der Waals surface area contributed by atoms with Gasteiger partial charge in [0.25, 0.3) is 0 Å². The Morgan fingerprint density at radius 2 is 1.17 bits per heavy atom. The molecule has 0 saturated carbocycles. The average Bonchev–Trinajstić information content (AvgIpc) is 2.86. The van der Waals surface area contributed by atoms with Crippen molar-refractivity contribution in [1.82, 2.24) is 4.68 Å². The number of unbranched alkanes of at least 4 members (excludes halogenated alkanes) is 13. The molecule has 0 amide bonds. The first-order valence-corrected chi connectivity index (χ1v) is 10.3. The van der Waals surface area contributed by atoms with Gasteiger partial charge in [0, 0.05) is 6.07 Å². The quantitative estimate of drug-likeness (QED) is 0.272. The van der Waals surface area contributed by atoms with Gasteiger partial charge in [-0.3, -0.25) is 0 Å². The third kappa shape index (κ3) is 9.84. The summed E-state index contributed by atoms with van der Waals surface area (Å²) in [5.41, 5.74) is 1.38. The number of hydrogen-bond acceptors (Lipinski definition) is 0. The summed E-state index contributed by atoms with van der Waals surface area (Å²) in [6, 6.07) is 2.20. The summed E-state index contributed by atoms with van der Waals surface area (Å²) in [7, 11) is 2.14. The molecule has 1 heterocycles. The van der Waals surface area contributed by atoms with Crippen LogP contribution in [-0.2, 0) is 13.6 Å². The zero-order chi connectivity index (χ0) is 16.8. The van der Waals surface area contributed by atoms with Crippen LogP contribution in [0.4, 0.5) is 0 Å². The van der Waals surface area contributed by atoms with Crippen molar-refractivity contribution in [1.29, 1.82) is 0 Å². The summed E-state index contributed by atoms with van der Waals surface area (Å²) in [6.07, 6.45) is 22.2. The van der Waals surface area contributed by atoms with Gasteiger partial charge < -0.3 is 0 Å². The number of aryl methyl sites for hydroxylation is 2. The van der Waals surface area contributed by atoms with Crippen LogP contribution < -0.4 is 4.68 Å². The smallest absolute Gasteiger partial charge is 0.158 e. The standard InChI is InChI=1S/C21H41N2/c1-4-5-6-7-8-9-10-11-12-13-14-15-16-17-19-23-21(2)18-20-22(23)3/h18,20H,4-17,19H2,1-3H3/q+1. The van der Waals surface area contributed by atoms with Crippen molar-refractivity contribution >= 4 is 0 Å². The van der Waals surface area contributed by atoms with Crippen molar-refractivity contribution in [2.24, 2.45) is 7.05 Å². The first-order chi connectivity index (χ1) is 11.3. The molecule has 2 nitrogen and oxygen atoms in total.